The SMILES string of the molecule is CC1=C(C#N)C(=O)N(Cc2ccc(F)cc2)C(=O)/C1=C/c1ccc(OCc2ccccc2Cl)cc1. The van der Waals surface area contributed by atoms with Crippen molar-refractivity contribution < 1.29 is 18.7 Å². The zero-order valence-electron chi connectivity index (χ0n) is 18.8. The summed E-state index contributed by atoms with van der Waals surface area (Å²) in [6.07, 6.45) is 1.64. The van der Waals surface area contributed by atoms with Gasteiger partial charge in [0.2, 0.25) is 0 Å². The minimum Gasteiger partial charge on any atom is -0.489 e. The van der Waals surface area contributed by atoms with Gasteiger partial charge in [0, 0.05) is 16.2 Å². The van der Waals surface area contributed by atoms with Crippen molar-refractivity contribution in [1.29, 1.82) is 5.26 Å². The number of hydrogen-bond donors (Lipinski definition) is 0. The van der Waals surface area contributed by atoms with Gasteiger partial charge in [-0.05, 0) is 60.0 Å². The van der Waals surface area contributed by atoms with Crippen molar-refractivity contribution in [2.24, 2.45) is 0 Å². The lowest BCUT2D eigenvalue weighted by atomic mass is 9.93. The van der Waals surface area contributed by atoms with Gasteiger partial charge in [0.1, 0.15) is 29.8 Å². The largest absolute Gasteiger partial charge is 0.489 e. The first kappa shape index (κ1) is 23.9. The average Bonchev–Trinajstić information content (AvgIpc) is 2.86. The molecule has 0 spiro atoms. The molecule has 0 atom stereocenters. The lowest BCUT2D eigenvalue weighted by Crippen LogP contribution is -2.42. The molecule has 1 heterocycles. The van der Waals surface area contributed by atoms with Crippen molar-refractivity contribution in [2.45, 2.75) is 20.1 Å². The highest BCUT2D eigenvalue weighted by Crippen LogP contribution is 2.29. The molecule has 3 aromatic rings. The Kier molecular flexibility index (Phi) is 7.09. The maximum atomic E-state index is 13.2. The predicted molar refractivity (Wildman–Crippen MR) is 130 cm³/mol. The van der Waals surface area contributed by atoms with E-state index < -0.39 is 17.6 Å². The summed E-state index contributed by atoms with van der Waals surface area (Å²) in [5.74, 6) is -0.979. The summed E-state index contributed by atoms with van der Waals surface area (Å²) < 4.78 is 19.0. The van der Waals surface area contributed by atoms with E-state index in [1.54, 1.807) is 43.3 Å². The molecule has 7 heteroatoms. The van der Waals surface area contributed by atoms with E-state index in [0.717, 1.165) is 10.5 Å². The third-order valence-electron chi connectivity index (χ3n) is 5.62. The third-order valence-corrected chi connectivity index (χ3v) is 5.99. The highest BCUT2D eigenvalue weighted by Gasteiger charge is 2.35. The molecular weight excluding hydrogens is 467 g/mol. The van der Waals surface area contributed by atoms with Gasteiger partial charge < -0.3 is 4.74 Å². The molecule has 1 aliphatic heterocycles. The fourth-order valence-corrected chi connectivity index (χ4v) is 3.84. The number of nitriles is 1. The summed E-state index contributed by atoms with van der Waals surface area (Å²) in [5.41, 5.74) is 2.60. The van der Waals surface area contributed by atoms with E-state index in [1.165, 1.54) is 24.3 Å². The monoisotopic (exact) mass is 486 g/mol. The number of benzene rings is 3. The summed E-state index contributed by atoms with van der Waals surface area (Å²) in [4.78, 5) is 27.0. The first-order valence-electron chi connectivity index (χ1n) is 10.8. The Hall–Kier alpha value is -4.21. The van der Waals surface area contributed by atoms with E-state index in [4.69, 9.17) is 16.3 Å². The lowest BCUT2D eigenvalue weighted by Gasteiger charge is -2.27. The van der Waals surface area contributed by atoms with E-state index in [-0.39, 0.29) is 17.7 Å². The minimum absolute atomic E-state index is 0.0669. The summed E-state index contributed by atoms with van der Waals surface area (Å²) >= 11 is 6.16. The highest BCUT2D eigenvalue weighted by atomic mass is 35.5. The number of ether oxygens (including phenoxy) is 1. The molecule has 0 radical (unpaired) electrons. The molecule has 35 heavy (non-hydrogen) atoms. The first-order chi connectivity index (χ1) is 16.9. The number of hydrogen-bond acceptors (Lipinski definition) is 4. The van der Waals surface area contributed by atoms with Gasteiger partial charge in [0.05, 0.1) is 6.54 Å². The van der Waals surface area contributed by atoms with Crippen LogP contribution in [0.4, 0.5) is 4.39 Å². The van der Waals surface area contributed by atoms with Crippen LogP contribution in [-0.2, 0) is 22.7 Å². The Morgan fingerprint density at radius 3 is 2.34 bits per heavy atom. The lowest BCUT2D eigenvalue weighted by molar-refractivity contribution is -0.141. The Balaban J connectivity index is 1.57. The van der Waals surface area contributed by atoms with E-state index >= 15 is 0 Å². The van der Waals surface area contributed by atoms with Gasteiger partial charge in [0.15, 0.2) is 0 Å². The molecule has 4 rings (SSSR count). The molecule has 0 N–H and O–H groups in total. The van der Waals surface area contributed by atoms with Gasteiger partial charge in [-0.3, -0.25) is 14.5 Å². The summed E-state index contributed by atoms with van der Waals surface area (Å²) in [6, 6.07) is 21.9. The van der Waals surface area contributed by atoms with Crippen LogP contribution in [0.15, 0.2) is 89.5 Å². The van der Waals surface area contributed by atoms with Crippen molar-refractivity contribution in [3.63, 3.8) is 0 Å². The van der Waals surface area contributed by atoms with Crippen molar-refractivity contribution >= 4 is 29.5 Å². The van der Waals surface area contributed by atoms with Gasteiger partial charge in [-0.25, -0.2) is 4.39 Å². The summed E-state index contributed by atoms with van der Waals surface area (Å²) in [7, 11) is 0. The smallest absolute Gasteiger partial charge is 0.271 e. The van der Waals surface area contributed by atoms with Crippen molar-refractivity contribution in [3.05, 3.63) is 117 Å². The van der Waals surface area contributed by atoms with Gasteiger partial charge in [-0.15, -0.1) is 0 Å². The van der Waals surface area contributed by atoms with Crippen LogP contribution in [0.2, 0.25) is 5.02 Å². The molecule has 0 fully saturated rings. The number of carbonyl (C=O) groups excluding carboxylic acids is 2. The number of amides is 2. The Morgan fingerprint density at radius 2 is 1.69 bits per heavy atom. The van der Waals surface area contributed by atoms with Crippen LogP contribution in [0.1, 0.15) is 23.6 Å². The van der Waals surface area contributed by atoms with Crippen LogP contribution in [0, 0.1) is 17.1 Å². The van der Waals surface area contributed by atoms with Crippen molar-refractivity contribution in [2.75, 3.05) is 0 Å². The van der Waals surface area contributed by atoms with Crippen LogP contribution in [0.25, 0.3) is 6.08 Å². The molecule has 3 aromatic carbocycles. The summed E-state index contributed by atoms with van der Waals surface area (Å²) in [6.45, 7) is 1.82. The molecule has 2 amide bonds. The second-order valence-electron chi connectivity index (χ2n) is 7.94. The van der Waals surface area contributed by atoms with Crippen molar-refractivity contribution in [1.82, 2.24) is 4.90 Å². The Labute approximate surface area is 207 Å². The second-order valence-corrected chi connectivity index (χ2v) is 8.35. The molecule has 0 unspecified atom stereocenters. The number of halogens is 2. The number of imide groups is 1. The second kappa shape index (κ2) is 10.4. The zero-order chi connectivity index (χ0) is 24.9. The van der Waals surface area contributed by atoms with Crippen molar-refractivity contribution in [3.8, 4) is 11.8 Å². The zero-order valence-corrected chi connectivity index (χ0v) is 19.6. The van der Waals surface area contributed by atoms with Crippen LogP contribution in [-0.4, -0.2) is 16.7 Å². The maximum Gasteiger partial charge on any atom is 0.271 e. The number of carbonyl (C=O) groups is 2. The molecule has 1 aliphatic rings. The highest BCUT2D eigenvalue weighted by molar-refractivity contribution is 6.31. The van der Waals surface area contributed by atoms with Crippen LogP contribution < -0.4 is 4.74 Å². The minimum atomic E-state index is -0.667. The van der Waals surface area contributed by atoms with Gasteiger partial charge in [0.25, 0.3) is 11.8 Å². The molecule has 5 nitrogen and oxygen atoms in total. The van der Waals surface area contributed by atoms with Crippen LogP contribution in [0.3, 0.4) is 0 Å². The predicted octanol–water partition coefficient (Wildman–Crippen LogP) is 5.85. The molecule has 0 saturated carbocycles. The van der Waals surface area contributed by atoms with Gasteiger partial charge in [-0.2, -0.15) is 5.26 Å². The van der Waals surface area contributed by atoms with E-state index in [0.29, 0.717) is 34.1 Å². The molecule has 0 aromatic heterocycles. The Morgan fingerprint density at radius 1 is 1.00 bits per heavy atom. The molecule has 0 aliphatic carbocycles. The quantitative estimate of drug-likeness (QED) is 0.323. The Bertz CT molecular complexity index is 1390. The normalized spacial score (nSPS) is 14.9. The van der Waals surface area contributed by atoms with Crippen LogP contribution in [0.5, 0.6) is 5.75 Å². The summed E-state index contributed by atoms with van der Waals surface area (Å²) in [5, 5.41) is 10.2. The first-order valence-corrected chi connectivity index (χ1v) is 11.1. The topological polar surface area (TPSA) is 70.4 Å². The van der Waals surface area contributed by atoms with Gasteiger partial charge in [-0.1, -0.05) is 54.1 Å². The molecule has 0 bridgehead atoms. The number of rotatable bonds is 6. The maximum absolute atomic E-state index is 13.2. The van der Waals surface area contributed by atoms with E-state index in [2.05, 4.69) is 0 Å². The molecule has 0 saturated heterocycles. The third kappa shape index (κ3) is 5.32. The van der Waals surface area contributed by atoms with Crippen LogP contribution >= 0.6 is 11.6 Å². The van der Waals surface area contributed by atoms with E-state index in [9.17, 15) is 19.2 Å². The molecule has 174 valence electrons. The van der Waals surface area contributed by atoms with Gasteiger partial charge >= 0.3 is 0 Å². The molecular formula is C28H20ClFN2O3. The number of nitrogens with zero attached hydrogens (tertiary/aromatic N) is 2. The fourth-order valence-electron chi connectivity index (χ4n) is 3.65. The fraction of sp³-hybridized carbons (Fsp3) is 0.107. The van der Waals surface area contributed by atoms with E-state index in [1.807, 2.05) is 24.3 Å². The standard InChI is InChI=1S/C28H20ClFN2O3/c1-18-24(14-19-8-12-23(13-9-19)35-17-21-4-2-3-5-26(21)29)27(33)32(28(34)25(18)15-31)16-20-6-10-22(30)11-7-20/h2-14H,16-17H2,1H3/b24-14+. The average molecular weight is 487 g/mol.